The predicted octanol–water partition coefficient (Wildman–Crippen LogP) is 3.28. The molecule has 0 bridgehead atoms. The molecule has 7 nitrogen and oxygen atoms in total. The Balaban J connectivity index is 0.00000420. The Morgan fingerprint density at radius 1 is 1.21 bits per heavy atom. The van der Waals surface area contributed by atoms with E-state index in [9.17, 15) is 8.78 Å². The van der Waals surface area contributed by atoms with Crippen LogP contribution in [0.5, 0.6) is 17.2 Å². The first-order valence-corrected chi connectivity index (χ1v) is 9.28. The van der Waals surface area contributed by atoms with Crippen molar-refractivity contribution in [2.75, 3.05) is 34.5 Å². The zero-order valence-corrected chi connectivity index (χ0v) is 19.8. The van der Waals surface area contributed by atoms with Crippen LogP contribution in [-0.4, -0.2) is 58.0 Å². The van der Waals surface area contributed by atoms with Crippen LogP contribution in [0.1, 0.15) is 25.8 Å². The summed E-state index contributed by atoms with van der Waals surface area (Å²) in [6, 6.07) is 3.41. The first-order valence-electron chi connectivity index (χ1n) is 9.28. The monoisotopic (exact) mass is 528 g/mol. The lowest BCUT2D eigenvalue weighted by Crippen LogP contribution is -2.45. The van der Waals surface area contributed by atoms with Crippen molar-refractivity contribution < 1.29 is 23.0 Å². The lowest BCUT2D eigenvalue weighted by Gasteiger charge is -2.27. The summed E-state index contributed by atoms with van der Waals surface area (Å²) in [5, 5.41) is 6.43. The van der Waals surface area contributed by atoms with Gasteiger partial charge in [0.1, 0.15) is 5.75 Å². The number of aliphatic imine (C=N–C) groups is 1. The van der Waals surface area contributed by atoms with Gasteiger partial charge in [0.05, 0.1) is 0 Å². The van der Waals surface area contributed by atoms with Crippen LogP contribution < -0.4 is 24.8 Å². The average molecular weight is 528 g/mol. The minimum atomic E-state index is -2.92. The van der Waals surface area contributed by atoms with Crippen molar-refractivity contribution in [2.24, 2.45) is 10.9 Å². The molecule has 1 aliphatic heterocycles. The molecule has 1 aromatic carbocycles. The highest BCUT2D eigenvalue weighted by molar-refractivity contribution is 14.0. The topological polar surface area (TPSA) is 67.4 Å². The van der Waals surface area contributed by atoms with Gasteiger partial charge in [-0.1, -0.05) is 13.8 Å². The Kier molecular flexibility index (Phi) is 10.7. The van der Waals surface area contributed by atoms with Crippen molar-refractivity contribution in [3.8, 4) is 17.2 Å². The summed E-state index contributed by atoms with van der Waals surface area (Å²) in [5.74, 6) is 2.10. The number of nitrogens with one attached hydrogen (secondary N) is 2. The Bertz CT molecular complexity index is 675. The van der Waals surface area contributed by atoms with E-state index in [4.69, 9.17) is 9.47 Å². The summed E-state index contributed by atoms with van der Waals surface area (Å²) in [7, 11) is 5.76. The summed E-state index contributed by atoms with van der Waals surface area (Å²) in [6.45, 7) is 2.47. The maximum Gasteiger partial charge on any atom is 0.387 e. The molecular weight excluding hydrogens is 497 g/mol. The van der Waals surface area contributed by atoms with Crippen molar-refractivity contribution in [3.63, 3.8) is 0 Å². The number of nitrogens with zero attached hydrogens (tertiary/aromatic N) is 2. The smallest absolute Gasteiger partial charge is 0.387 e. The van der Waals surface area contributed by atoms with Crippen LogP contribution >= 0.6 is 24.0 Å². The van der Waals surface area contributed by atoms with E-state index in [1.54, 1.807) is 13.1 Å². The van der Waals surface area contributed by atoms with Gasteiger partial charge in [-0.2, -0.15) is 8.78 Å². The van der Waals surface area contributed by atoms with Gasteiger partial charge in [0.25, 0.3) is 0 Å². The lowest BCUT2D eigenvalue weighted by atomic mass is 10.0. The van der Waals surface area contributed by atoms with Gasteiger partial charge in [0, 0.05) is 37.8 Å². The number of rotatable bonds is 9. The number of ether oxygens (including phenoxy) is 3. The number of hydrogen-bond donors (Lipinski definition) is 2. The van der Waals surface area contributed by atoms with E-state index >= 15 is 0 Å². The Morgan fingerprint density at radius 2 is 1.86 bits per heavy atom. The van der Waals surface area contributed by atoms with E-state index in [0.717, 1.165) is 6.42 Å². The van der Waals surface area contributed by atoms with Crippen molar-refractivity contribution in [1.82, 2.24) is 15.5 Å². The highest BCUT2D eigenvalue weighted by Gasteiger charge is 2.20. The van der Waals surface area contributed by atoms with Crippen LogP contribution in [-0.2, 0) is 6.54 Å². The Morgan fingerprint density at radius 3 is 2.41 bits per heavy atom. The fourth-order valence-corrected chi connectivity index (χ4v) is 2.94. The van der Waals surface area contributed by atoms with Gasteiger partial charge < -0.3 is 29.7 Å². The summed E-state index contributed by atoms with van der Waals surface area (Å²) in [5.41, 5.74) is 0.527. The van der Waals surface area contributed by atoms with Gasteiger partial charge in [-0.3, -0.25) is 4.99 Å². The van der Waals surface area contributed by atoms with E-state index in [2.05, 4.69) is 39.1 Å². The molecule has 29 heavy (non-hydrogen) atoms. The summed E-state index contributed by atoms with van der Waals surface area (Å²) < 4.78 is 40.7. The zero-order valence-electron chi connectivity index (χ0n) is 17.5. The minimum absolute atomic E-state index is 0. The maximum absolute atomic E-state index is 12.8. The maximum atomic E-state index is 12.8. The molecule has 2 N–H and O–H groups in total. The second-order valence-corrected chi connectivity index (χ2v) is 7.25. The van der Waals surface area contributed by atoms with E-state index in [1.807, 2.05) is 14.1 Å². The number of benzene rings is 1. The third kappa shape index (κ3) is 8.00. The number of alkyl halides is 2. The van der Waals surface area contributed by atoms with Crippen molar-refractivity contribution in [1.29, 1.82) is 0 Å². The SMILES string of the molecule is CN=C(NCc1cc2c(cc1OC(F)F)OCO2)NCC(CC(C)C)N(C)C.I. The molecular formula is C19H31F2IN4O3. The van der Waals surface area contributed by atoms with Gasteiger partial charge in [0.2, 0.25) is 6.79 Å². The van der Waals surface area contributed by atoms with Crippen molar-refractivity contribution >= 4 is 29.9 Å². The third-order valence-corrected chi connectivity index (χ3v) is 4.42. The molecule has 10 heteroatoms. The molecule has 2 rings (SSSR count). The number of likely N-dealkylation sites (N-methyl/N-ethyl adjacent to an activating group) is 1. The van der Waals surface area contributed by atoms with E-state index < -0.39 is 6.61 Å². The van der Waals surface area contributed by atoms with Gasteiger partial charge >= 0.3 is 6.61 Å². The predicted molar refractivity (Wildman–Crippen MR) is 120 cm³/mol. The normalized spacial score (nSPS) is 14.2. The number of halogens is 3. The molecule has 0 saturated carbocycles. The molecule has 0 spiro atoms. The lowest BCUT2D eigenvalue weighted by molar-refractivity contribution is -0.0505. The first kappa shape index (κ1) is 25.5. The minimum Gasteiger partial charge on any atom is -0.454 e. The largest absolute Gasteiger partial charge is 0.454 e. The molecule has 0 saturated heterocycles. The number of fused-ring (bicyclic) bond motifs is 1. The van der Waals surface area contributed by atoms with Gasteiger partial charge in [0.15, 0.2) is 17.5 Å². The van der Waals surface area contributed by atoms with Gasteiger partial charge in [-0.15, -0.1) is 24.0 Å². The molecule has 1 unspecified atom stereocenters. The standard InChI is InChI=1S/C19H30F2N4O3.HI/c1-12(2)6-14(25(4)5)10-24-19(22-3)23-9-13-7-16-17(27-11-26-16)8-15(13)28-18(20)21;/h7-8,12,14,18H,6,9-11H2,1-5H3,(H2,22,23,24);1H. The highest BCUT2D eigenvalue weighted by atomic mass is 127. The Hall–Kier alpha value is -1.56. The first-order chi connectivity index (χ1) is 13.3. The quantitative estimate of drug-likeness (QED) is 0.292. The van der Waals surface area contributed by atoms with Gasteiger partial charge in [-0.05, 0) is 32.5 Å². The zero-order chi connectivity index (χ0) is 20.7. The van der Waals surface area contributed by atoms with Crippen LogP contribution in [0.4, 0.5) is 8.78 Å². The summed E-state index contributed by atoms with van der Waals surface area (Å²) in [6.07, 6.45) is 1.05. The van der Waals surface area contributed by atoms with E-state index in [1.165, 1.54) is 6.07 Å². The molecule has 0 radical (unpaired) electrons. The molecule has 1 heterocycles. The van der Waals surface area contributed by atoms with Crippen LogP contribution in [0.2, 0.25) is 0 Å². The Labute approximate surface area is 188 Å². The number of hydrogen-bond acceptors (Lipinski definition) is 5. The second-order valence-electron chi connectivity index (χ2n) is 7.25. The molecule has 0 fully saturated rings. The molecule has 1 aromatic rings. The highest BCUT2D eigenvalue weighted by Crippen LogP contribution is 2.38. The molecule has 0 aromatic heterocycles. The molecule has 166 valence electrons. The molecule has 0 aliphatic carbocycles. The van der Waals surface area contributed by atoms with Crippen LogP contribution in [0.15, 0.2) is 17.1 Å². The van der Waals surface area contributed by atoms with E-state index in [0.29, 0.717) is 41.5 Å². The molecule has 1 atom stereocenters. The van der Waals surface area contributed by atoms with Crippen LogP contribution in [0, 0.1) is 5.92 Å². The summed E-state index contributed by atoms with van der Waals surface area (Å²) >= 11 is 0. The third-order valence-electron chi connectivity index (χ3n) is 4.42. The van der Waals surface area contributed by atoms with Crippen molar-refractivity contribution in [3.05, 3.63) is 17.7 Å². The second kappa shape index (κ2) is 12.2. The van der Waals surface area contributed by atoms with Crippen molar-refractivity contribution in [2.45, 2.75) is 39.5 Å². The van der Waals surface area contributed by atoms with Crippen LogP contribution in [0.3, 0.4) is 0 Å². The van der Waals surface area contributed by atoms with Gasteiger partial charge in [-0.25, -0.2) is 0 Å². The average Bonchev–Trinajstić information content (AvgIpc) is 3.06. The van der Waals surface area contributed by atoms with E-state index in [-0.39, 0.29) is 43.1 Å². The fraction of sp³-hybridized carbons (Fsp3) is 0.632. The van der Waals surface area contributed by atoms with Crippen LogP contribution in [0.25, 0.3) is 0 Å². The number of guanidine groups is 1. The molecule has 0 amide bonds. The fourth-order valence-electron chi connectivity index (χ4n) is 2.94. The molecule has 1 aliphatic rings. The summed E-state index contributed by atoms with van der Waals surface area (Å²) in [4.78, 5) is 6.38.